The second kappa shape index (κ2) is 7.57. The van der Waals surface area contributed by atoms with Crippen molar-refractivity contribution in [3.63, 3.8) is 0 Å². The molecule has 0 aromatic rings. The Morgan fingerprint density at radius 1 is 0.971 bits per heavy atom. The summed E-state index contributed by atoms with van der Waals surface area (Å²) in [4.78, 5) is 13.5. The molecule has 0 bridgehead atoms. The van der Waals surface area contributed by atoms with E-state index in [2.05, 4.69) is 47.6 Å². The quantitative estimate of drug-likeness (QED) is 0.427. The van der Waals surface area contributed by atoms with Crippen molar-refractivity contribution in [1.82, 2.24) is 0 Å². The van der Waals surface area contributed by atoms with Crippen LogP contribution in [0.15, 0.2) is 11.6 Å². The smallest absolute Gasteiger partial charge is 0.314 e. The van der Waals surface area contributed by atoms with Crippen LogP contribution in [0.25, 0.3) is 0 Å². The SMILES string of the molecule is C[C@@H]1CC[C@]2(C)CC[C@]3(C(=O)O)C(=CCC4[C@@]5(C)CC[C@H](O)[C@](C)(CO)C5CC[C@]43C)C2[C@H]1C. The molecule has 0 saturated heterocycles. The summed E-state index contributed by atoms with van der Waals surface area (Å²) in [7, 11) is 0. The largest absolute Gasteiger partial charge is 0.481 e. The van der Waals surface area contributed by atoms with Crippen molar-refractivity contribution in [2.45, 2.75) is 105 Å². The molecule has 192 valence electrons. The van der Waals surface area contributed by atoms with Crippen LogP contribution in [0.1, 0.15) is 99.3 Å². The highest BCUT2D eigenvalue weighted by molar-refractivity contribution is 5.81. The number of hydrogen-bond acceptors (Lipinski definition) is 3. The third-order valence-electron chi connectivity index (χ3n) is 13.3. The molecule has 34 heavy (non-hydrogen) atoms. The summed E-state index contributed by atoms with van der Waals surface area (Å²) in [6.07, 6.45) is 10.5. The fourth-order valence-corrected chi connectivity index (χ4v) is 11.0. The van der Waals surface area contributed by atoms with Crippen molar-refractivity contribution >= 4 is 5.97 Å². The predicted octanol–water partition coefficient (Wildman–Crippen LogP) is 6.06. The minimum atomic E-state index is -0.787. The summed E-state index contributed by atoms with van der Waals surface area (Å²) in [6.45, 7) is 13.9. The fraction of sp³-hybridized carbons (Fsp3) is 0.900. The minimum absolute atomic E-state index is 0.00114. The summed E-state index contributed by atoms with van der Waals surface area (Å²) in [6, 6.07) is 0. The Bertz CT molecular complexity index is 896. The van der Waals surface area contributed by atoms with Gasteiger partial charge in [-0.15, -0.1) is 0 Å². The van der Waals surface area contributed by atoms with Gasteiger partial charge in [-0.3, -0.25) is 4.79 Å². The van der Waals surface area contributed by atoms with Crippen LogP contribution in [0.2, 0.25) is 0 Å². The summed E-state index contributed by atoms with van der Waals surface area (Å²) >= 11 is 0. The van der Waals surface area contributed by atoms with Gasteiger partial charge in [0.05, 0.1) is 18.1 Å². The molecular weight excluding hydrogens is 424 g/mol. The van der Waals surface area contributed by atoms with Crippen LogP contribution in [0.5, 0.6) is 0 Å². The Kier molecular flexibility index (Phi) is 5.52. The van der Waals surface area contributed by atoms with E-state index in [1.165, 1.54) is 18.4 Å². The van der Waals surface area contributed by atoms with Crippen molar-refractivity contribution in [2.75, 3.05) is 6.61 Å². The zero-order valence-electron chi connectivity index (χ0n) is 22.4. The number of allylic oxidation sites excluding steroid dienone is 1. The summed E-state index contributed by atoms with van der Waals surface area (Å²) in [5.74, 6) is 1.39. The minimum Gasteiger partial charge on any atom is -0.481 e. The summed E-state index contributed by atoms with van der Waals surface area (Å²) < 4.78 is 0. The van der Waals surface area contributed by atoms with E-state index in [0.717, 1.165) is 38.5 Å². The third-order valence-corrected chi connectivity index (χ3v) is 13.3. The van der Waals surface area contributed by atoms with Gasteiger partial charge in [-0.25, -0.2) is 0 Å². The highest BCUT2D eigenvalue weighted by Crippen LogP contribution is 2.75. The highest BCUT2D eigenvalue weighted by Gasteiger charge is 2.72. The van der Waals surface area contributed by atoms with Crippen molar-refractivity contribution in [1.29, 1.82) is 0 Å². The van der Waals surface area contributed by atoms with E-state index in [0.29, 0.717) is 24.2 Å². The maximum atomic E-state index is 13.5. The first-order valence-electron chi connectivity index (χ1n) is 14.0. The second-order valence-corrected chi connectivity index (χ2v) is 14.4. The Morgan fingerprint density at radius 2 is 1.68 bits per heavy atom. The lowest BCUT2D eigenvalue weighted by Crippen LogP contribution is -2.67. The van der Waals surface area contributed by atoms with Gasteiger partial charge in [0.25, 0.3) is 0 Å². The first-order chi connectivity index (χ1) is 15.8. The molecule has 0 radical (unpaired) electrons. The van der Waals surface area contributed by atoms with Gasteiger partial charge in [0.15, 0.2) is 0 Å². The van der Waals surface area contributed by atoms with Gasteiger partial charge in [-0.2, -0.15) is 0 Å². The van der Waals surface area contributed by atoms with Crippen LogP contribution in [0.4, 0.5) is 0 Å². The van der Waals surface area contributed by atoms with Gasteiger partial charge in [-0.1, -0.05) is 53.2 Å². The molecule has 4 heteroatoms. The van der Waals surface area contributed by atoms with Gasteiger partial charge in [0.2, 0.25) is 0 Å². The maximum absolute atomic E-state index is 13.5. The second-order valence-electron chi connectivity index (χ2n) is 14.4. The average molecular weight is 473 g/mol. The Balaban J connectivity index is 1.65. The van der Waals surface area contributed by atoms with E-state index in [9.17, 15) is 20.1 Å². The van der Waals surface area contributed by atoms with Gasteiger partial charge in [-0.05, 0) is 104 Å². The molecule has 5 rings (SSSR count). The molecule has 5 aliphatic rings. The number of aliphatic carboxylic acids is 1. The molecular formula is C30H48O4. The number of carboxylic acids is 1. The lowest BCUT2D eigenvalue weighted by molar-refractivity contribution is -0.223. The van der Waals surface area contributed by atoms with Gasteiger partial charge >= 0.3 is 5.97 Å². The molecule has 4 nitrogen and oxygen atoms in total. The van der Waals surface area contributed by atoms with E-state index in [1.54, 1.807) is 0 Å². The fourth-order valence-electron chi connectivity index (χ4n) is 11.0. The molecule has 0 aromatic carbocycles. The van der Waals surface area contributed by atoms with Crippen LogP contribution in [0.3, 0.4) is 0 Å². The van der Waals surface area contributed by atoms with E-state index in [4.69, 9.17) is 0 Å². The van der Waals surface area contributed by atoms with Crippen LogP contribution >= 0.6 is 0 Å². The summed E-state index contributed by atoms with van der Waals surface area (Å²) in [5, 5.41) is 32.4. The van der Waals surface area contributed by atoms with E-state index in [1.807, 2.05) is 0 Å². The molecule has 0 aliphatic heterocycles. The van der Waals surface area contributed by atoms with E-state index in [-0.39, 0.29) is 34.7 Å². The van der Waals surface area contributed by atoms with Gasteiger partial charge in [0, 0.05) is 5.41 Å². The van der Waals surface area contributed by atoms with Crippen LogP contribution < -0.4 is 0 Å². The molecule has 3 unspecified atom stereocenters. The lowest BCUT2D eigenvalue weighted by Gasteiger charge is -2.70. The number of carbonyl (C=O) groups is 1. The molecule has 4 fully saturated rings. The topological polar surface area (TPSA) is 77.8 Å². The zero-order valence-corrected chi connectivity index (χ0v) is 22.4. The zero-order chi connectivity index (χ0) is 24.9. The molecule has 0 amide bonds. The van der Waals surface area contributed by atoms with Crippen molar-refractivity contribution in [3.05, 3.63) is 11.6 Å². The Hall–Kier alpha value is -0.870. The Labute approximate surface area is 206 Å². The molecule has 5 aliphatic carbocycles. The number of aliphatic hydroxyl groups is 2. The molecule has 0 heterocycles. The molecule has 3 N–H and O–H groups in total. The first kappa shape index (κ1) is 24.8. The van der Waals surface area contributed by atoms with Crippen LogP contribution in [-0.4, -0.2) is 34.0 Å². The predicted molar refractivity (Wildman–Crippen MR) is 134 cm³/mol. The van der Waals surface area contributed by atoms with Crippen LogP contribution in [0, 0.1) is 56.7 Å². The average Bonchev–Trinajstić information content (AvgIpc) is 2.78. The monoisotopic (exact) mass is 472 g/mol. The normalized spacial score (nSPS) is 56.9. The van der Waals surface area contributed by atoms with E-state index < -0.39 is 22.9 Å². The van der Waals surface area contributed by atoms with Crippen LogP contribution in [-0.2, 0) is 4.79 Å². The lowest BCUT2D eigenvalue weighted by atomic mass is 9.33. The Morgan fingerprint density at radius 3 is 2.32 bits per heavy atom. The van der Waals surface area contributed by atoms with Gasteiger partial charge in [0.1, 0.15) is 0 Å². The number of fused-ring (bicyclic) bond motifs is 7. The van der Waals surface area contributed by atoms with Crippen molar-refractivity contribution < 1.29 is 20.1 Å². The summed E-state index contributed by atoms with van der Waals surface area (Å²) in [5.41, 5.74) is -0.173. The van der Waals surface area contributed by atoms with Gasteiger partial charge < -0.3 is 15.3 Å². The number of rotatable bonds is 2. The molecule has 11 atom stereocenters. The number of carboxylic acid groups (broad SMARTS) is 1. The third kappa shape index (κ3) is 2.76. The standard InChI is InChI=1S/C30H48O4/c1-18-9-12-26(3)15-16-30(25(33)34)20(24(26)19(18)2)7-8-22-27(4)13-11-23(32)28(5,17-31)21(27)10-14-29(22,30)6/h7,18-19,21-24,31-32H,8-17H2,1-6H3,(H,33,34)/t18-,19+,21?,22?,23+,24?,26-,27+,28-,29-,30-/m1/s1. The number of aliphatic hydroxyl groups excluding tert-OH is 2. The highest BCUT2D eigenvalue weighted by atomic mass is 16.4. The first-order valence-corrected chi connectivity index (χ1v) is 14.0. The van der Waals surface area contributed by atoms with E-state index >= 15 is 0 Å². The maximum Gasteiger partial charge on any atom is 0.314 e. The van der Waals surface area contributed by atoms with Crippen molar-refractivity contribution in [3.8, 4) is 0 Å². The van der Waals surface area contributed by atoms with Crippen molar-refractivity contribution in [2.24, 2.45) is 56.7 Å². The number of hydrogen-bond donors (Lipinski definition) is 3. The molecule has 4 saturated carbocycles. The molecule has 0 aromatic heterocycles. The molecule has 0 spiro atoms.